The largest absolute Gasteiger partial charge is 0.462 e. The minimum absolute atomic E-state index is 0.00558. The molecule has 0 aromatic heterocycles. The summed E-state index contributed by atoms with van der Waals surface area (Å²) in [5.41, 5.74) is 1.66. The fourth-order valence-electron chi connectivity index (χ4n) is 3.01. The molecule has 6 heteroatoms. The Morgan fingerprint density at radius 3 is 2.27 bits per heavy atom. The zero-order chi connectivity index (χ0) is 22.7. The second kappa shape index (κ2) is 8.96. The highest BCUT2D eigenvalue weighted by Gasteiger charge is 2.25. The van der Waals surface area contributed by atoms with Gasteiger partial charge in [0.25, 0.3) is 5.91 Å². The Morgan fingerprint density at radius 1 is 1.07 bits per heavy atom. The summed E-state index contributed by atoms with van der Waals surface area (Å²) in [5.74, 6) is -2.06. The summed E-state index contributed by atoms with van der Waals surface area (Å²) in [5, 5.41) is 12.5. The van der Waals surface area contributed by atoms with E-state index in [9.17, 15) is 19.1 Å². The summed E-state index contributed by atoms with van der Waals surface area (Å²) in [7, 11) is 0. The zero-order valence-corrected chi connectivity index (χ0v) is 18.4. The number of hydrogen-bond donors (Lipinski definition) is 2. The van der Waals surface area contributed by atoms with Crippen LogP contribution in [0.25, 0.3) is 0 Å². The number of anilines is 1. The molecule has 0 saturated heterocycles. The normalized spacial score (nSPS) is 11.9. The molecule has 2 N–H and O–H groups in total. The van der Waals surface area contributed by atoms with Crippen LogP contribution in [0.3, 0.4) is 0 Å². The Morgan fingerprint density at radius 2 is 1.73 bits per heavy atom. The fourth-order valence-corrected chi connectivity index (χ4v) is 3.01. The summed E-state index contributed by atoms with van der Waals surface area (Å²) >= 11 is 0. The van der Waals surface area contributed by atoms with Crippen LogP contribution < -0.4 is 5.32 Å². The minimum atomic E-state index is -0.808. The van der Waals surface area contributed by atoms with Gasteiger partial charge in [-0.05, 0) is 47.7 Å². The van der Waals surface area contributed by atoms with Crippen molar-refractivity contribution in [2.24, 2.45) is 0 Å². The van der Waals surface area contributed by atoms with E-state index in [4.69, 9.17) is 4.74 Å². The fraction of sp³-hybridized carbons (Fsp3) is 0.417. The third-order valence-corrected chi connectivity index (χ3v) is 4.98. The van der Waals surface area contributed by atoms with Crippen molar-refractivity contribution < 1.29 is 23.8 Å². The molecule has 162 valence electrons. The molecule has 2 aromatic rings. The van der Waals surface area contributed by atoms with Crippen molar-refractivity contribution in [1.29, 1.82) is 0 Å². The van der Waals surface area contributed by atoms with Gasteiger partial charge in [0.2, 0.25) is 0 Å². The van der Waals surface area contributed by atoms with E-state index in [2.05, 4.69) is 5.32 Å². The quantitative estimate of drug-likeness (QED) is 0.663. The summed E-state index contributed by atoms with van der Waals surface area (Å²) in [6.45, 7) is 11.7. The number of benzene rings is 2. The maximum atomic E-state index is 14.3. The molecule has 1 amide bonds. The number of carbonyl (C=O) groups excluding carboxylic acids is 2. The second-order valence-corrected chi connectivity index (χ2v) is 8.92. The van der Waals surface area contributed by atoms with Crippen molar-refractivity contribution in [3.05, 3.63) is 64.5 Å². The summed E-state index contributed by atoms with van der Waals surface area (Å²) < 4.78 is 19.1. The second-order valence-electron chi connectivity index (χ2n) is 8.92. The first kappa shape index (κ1) is 23.5. The standard InChI is InChI=1S/C24H30FNO4/c1-7-30-22(29)17-10-8-15(12-19(17)25)21(28)26-20-11-9-16(24(5,6)14-27)13-18(20)23(2,3)4/h8-13,27H,7,14H2,1-6H3,(H,26,28). The van der Waals surface area contributed by atoms with Crippen LogP contribution >= 0.6 is 0 Å². The molecule has 30 heavy (non-hydrogen) atoms. The highest BCUT2D eigenvalue weighted by molar-refractivity contribution is 6.05. The van der Waals surface area contributed by atoms with E-state index in [1.165, 1.54) is 12.1 Å². The van der Waals surface area contributed by atoms with Crippen LogP contribution in [0.2, 0.25) is 0 Å². The van der Waals surface area contributed by atoms with Crippen molar-refractivity contribution >= 4 is 17.6 Å². The number of amides is 1. The van der Waals surface area contributed by atoms with Gasteiger partial charge in [0.1, 0.15) is 5.82 Å². The van der Waals surface area contributed by atoms with Crippen molar-refractivity contribution in [2.45, 2.75) is 52.4 Å². The van der Waals surface area contributed by atoms with Crippen molar-refractivity contribution in [1.82, 2.24) is 0 Å². The van der Waals surface area contributed by atoms with Crippen molar-refractivity contribution in [3.63, 3.8) is 0 Å². The van der Waals surface area contributed by atoms with E-state index >= 15 is 0 Å². The number of ether oxygens (including phenoxy) is 1. The highest BCUT2D eigenvalue weighted by atomic mass is 19.1. The Bertz CT molecular complexity index is 945. The molecule has 5 nitrogen and oxygen atoms in total. The molecule has 0 aliphatic carbocycles. The van der Waals surface area contributed by atoms with Gasteiger partial charge in [-0.25, -0.2) is 9.18 Å². The molecule has 0 aliphatic rings. The number of aliphatic hydroxyl groups is 1. The Kier molecular flexibility index (Phi) is 7.03. The number of carbonyl (C=O) groups is 2. The lowest BCUT2D eigenvalue weighted by molar-refractivity contribution is 0.0520. The van der Waals surface area contributed by atoms with Crippen molar-refractivity contribution in [3.8, 4) is 0 Å². The van der Waals surface area contributed by atoms with Gasteiger partial charge >= 0.3 is 5.97 Å². The van der Waals surface area contributed by atoms with Gasteiger partial charge in [0, 0.05) is 16.7 Å². The first-order valence-electron chi connectivity index (χ1n) is 9.94. The van der Waals surface area contributed by atoms with Crippen LogP contribution in [0.15, 0.2) is 36.4 Å². The first-order valence-corrected chi connectivity index (χ1v) is 9.94. The SMILES string of the molecule is CCOC(=O)c1ccc(C(=O)Nc2ccc(C(C)(C)CO)cc2C(C)(C)C)cc1F. The lowest BCUT2D eigenvalue weighted by atomic mass is 9.79. The highest BCUT2D eigenvalue weighted by Crippen LogP contribution is 2.34. The Labute approximate surface area is 177 Å². The van der Waals surface area contributed by atoms with Gasteiger partial charge in [-0.15, -0.1) is 0 Å². The van der Waals surface area contributed by atoms with Gasteiger partial charge < -0.3 is 15.2 Å². The van der Waals surface area contributed by atoms with Gasteiger partial charge in [0.05, 0.1) is 18.8 Å². The molecule has 0 saturated carbocycles. The number of hydrogen-bond acceptors (Lipinski definition) is 4. The monoisotopic (exact) mass is 415 g/mol. The third kappa shape index (κ3) is 5.25. The van der Waals surface area contributed by atoms with Crippen LogP contribution in [-0.2, 0) is 15.6 Å². The lowest BCUT2D eigenvalue weighted by Gasteiger charge is -2.28. The Balaban J connectivity index is 2.36. The lowest BCUT2D eigenvalue weighted by Crippen LogP contribution is -2.25. The van der Waals surface area contributed by atoms with E-state index < -0.39 is 23.1 Å². The molecular weight excluding hydrogens is 385 g/mol. The topological polar surface area (TPSA) is 75.6 Å². The van der Waals surface area contributed by atoms with E-state index in [0.29, 0.717) is 5.69 Å². The maximum absolute atomic E-state index is 14.3. The number of halogens is 1. The van der Waals surface area contributed by atoms with Crippen LogP contribution in [0, 0.1) is 5.82 Å². The summed E-state index contributed by atoms with van der Waals surface area (Å²) in [4.78, 5) is 24.5. The predicted molar refractivity (Wildman–Crippen MR) is 116 cm³/mol. The maximum Gasteiger partial charge on any atom is 0.341 e. The molecule has 0 spiro atoms. The number of esters is 1. The molecule has 2 rings (SSSR count). The van der Waals surface area contributed by atoms with Gasteiger partial charge in [-0.2, -0.15) is 0 Å². The number of nitrogens with one attached hydrogen (secondary N) is 1. The van der Waals surface area contributed by atoms with Crippen LogP contribution in [0.1, 0.15) is 73.4 Å². The molecule has 0 heterocycles. The van der Waals surface area contributed by atoms with Crippen molar-refractivity contribution in [2.75, 3.05) is 18.5 Å². The molecule has 0 unspecified atom stereocenters. The first-order chi connectivity index (χ1) is 13.9. The number of rotatable bonds is 6. The average Bonchev–Trinajstić information content (AvgIpc) is 2.67. The van der Waals surface area contributed by atoms with Gasteiger partial charge in [-0.3, -0.25) is 4.79 Å². The van der Waals surface area contributed by atoms with E-state index in [0.717, 1.165) is 17.2 Å². The Hall–Kier alpha value is -2.73. The summed E-state index contributed by atoms with van der Waals surface area (Å²) in [6, 6.07) is 9.32. The number of aliphatic hydroxyl groups excluding tert-OH is 1. The summed E-state index contributed by atoms with van der Waals surface area (Å²) in [6.07, 6.45) is 0. The zero-order valence-electron chi connectivity index (χ0n) is 18.4. The smallest absolute Gasteiger partial charge is 0.341 e. The van der Waals surface area contributed by atoms with E-state index in [1.54, 1.807) is 13.0 Å². The average molecular weight is 416 g/mol. The molecule has 0 radical (unpaired) electrons. The van der Waals surface area contributed by atoms with E-state index in [1.807, 2.05) is 46.8 Å². The molecule has 0 aliphatic heterocycles. The molecule has 0 fully saturated rings. The molecule has 0 atom stereocenters. The van der Waals surface area contributed by atoms with Gasteiger partial charge in [0.15, 0.2) is 0 Å². The third-order valence-electron chi connectivity index (χ3n) is 4.98. The van der Waals surface area contributed by atoms with Crippen LogP contribution in [-0.4, -0.2) is 30.2 Å². The van der Waals surface area contributed by atoms with Gasteiger partial charge in [-0.1, -0.05) is 46.8 Å². The predicted octanol–water partition coefficient (Wildman–Crippen LogP) is 4.82. The molecule has 2 aromatic carbocycles. The molecule has 0 bridgehead atoms. The van der Waals surface area contributed by atoms with E-state index in [-0.39, 0.29) is 29.8 Å². The van der Waals surface area contributed by atoms with Crippen LogP contribution in [0.5, 0.6) is 0 Å². The molecular formula is C24H30FNO4. The minimum Gasteiger partial charge on any atom is -0.462 e. The van der Waals surface area contributed by atoms with Crippen LogP contribution in [0.4, 0.5) is 10.1 Å².